The van der Waals surface area contributed by atoms with Crippen molar-refractivity contribution in [3.63, 3.8) is 0 Å². The van der Waals surface area contributed by atoms with E-state index in [1.165, 1.54) is 13.3 Å². The third-order valence-electron chi connectivity index (χ3n) is 6.12. The van der Waals surface area contributed by atoms with Crippen LogP contribution >= 0.6 is 0 Å². The van der Waals surface area contributed by atoms with Gasteiger partial charge in [0.2, 0.25) is 0 Å². The number of hydrogen-bond donors (Lipinski definition) is 2. The van der Waals surface area contributed by atoms with E-state index >= 15 is 0 Å². The van der Waals surface area contributed by atoms with Crippen LogP contribution in [0.3, 0.4) is 0 Å². The topological polar surface area (TPSA) is 115 Å². The van der Waals surface area contributed by atoms with E-state index in [-0.39, 0.29) is 12.1 Å². The van der Waals surface area contributed by atoms with Gasteiger partial charge in [-0.3, -0.25) is 10.1 Å². The maximum atomic E-state index is 13.0. The summed E-state index contributed by atoms with van der Waals surface area (Å²) in [6.45, 7) is 5.46. The fraction of sp³-hybridized carbons (Fsp3) is 0.609. The summed E-state index contributed by atoms with van der Waals surface area (Å²) < 4.78 is 7.21. The van der Waals surface area contributed by atoms with Gasteiger partial charge in [0.05, 0.1) is 17.1 Å². The molecule has 2 aliphatic rings. The fourth-order valence-corrected chi connectivity index (χ4v) is 4.13. The number of nitrogens with zero attached hydrogens (tertiary/aromatic N) is 3. The number of carbonyl (C=O) groups is 3. The van der Waals surface area contributed by atoms with Crippen LogP contribution in [0.5, 0.6) is 0 Å². The first-order valence-corrected chi connectivity index (χ1v) is 11.5. The number of esters is 1. The number of amides is 3. The van der Waals surface area contributed by atoms with Gasteiger partial charge >= 0.3 is 12.0 Å². The molecule has 2 aromatic rings. The number of hydrogen-bond acceptors (Lipinski definition) is 6. The Morgan fingerprint density at radius 1 is 1.09 bits per heavy atom. The smallest absolute Gasteiger partial charge is 0.339 e. The molecule has 0 bridgehead atoms. The lowest BCUT2D eigenvalue weighted by atomic mass is 9.96. The van der Waals surface area contributed by atoms with E-state index in [4.69, 9.17) is 9.72 Å². The molecule has 2 N–H and O–H groups in total. The number of carbonyl (C=O) groups excluding carboxylic acids is 3. The van der Waals surface area contributed by atoms with Crippen LogP contribution < -0.4 is 10.6 Å². The van der Waals surface area contributed by atoms with E-state index in [9.17, 15) is 14.4 Å². The van der Waals surface area contributed by atoms with E-state index in [0.29, 0.717) is 22.5 Å². The Morgan fingerprint density at radius 2 is 1.81 bits per heavy atom. The molecule has 9 nitrogen and oxygen atoms in total. The summed E-state index contributed by atoms with van der Waals surface area (Å²) in [5, 5.41) is 10.1. The van der Waals surface area contributed by atoms with Gasteiger partial charge in [-0.05, 0) is 52.5 Å². The van der Waals surface area contributed by atoms with Crippen molar-refractivity contribution in [1.29, 1.82) is 0 Å². The molecule has 9 heteroatoms. The molecule has 0 radical (unpaired) electrons. The quantitative estimate of drug-likeness (QED) is 0.662. The van der Waals surface area contributed by atoms with Gasteiger partial charge in [-0.15, -0.1) is 0 Å². The molecule has 4 rings (SSSR count). The second-order valence-electron chi connectivity index (χ2n) is 9.13. The predicted molar refractivity (Wildman–Crippen MR) is 118 cm³/mol. The summed E-state index contributed by atoms with van der Waals surface area (Å²) in [6, 6.07) is 1.36. The van der Waals surface area contributed by atoms with Gasteiger partial charge in [-0.1, -0.05) is 19.3 Å². The Labute approximate surface area is 187 Å². The highest BCUT2D eigenvalue weighted by atomic mass is 16.5. The largest absolute Gasteiger partial charge is 0.449 e. The second-order valence-corrected chi connectivity index (χ2v) is 9.13. The van der Waals surface area contributed by atoms with Gasteiger partial charge in [0.15, 0.2) is 11.8 Å². The van der Waals surface area contributed by atoms with Crippen molar-refractivity contribution < 1.29 is 19.1 Å². The van der Waals surface area contributed by atoms with Crippen LogP contribution in [0.25, 0.3) is 11.0 Å². The zero-order valence-corrected chi connectivity index (χ0v) is 18.9. The monoisotopic (exact) mass is 441 g/mol. The van der Waals surface area contributed by atoms with Crippen molar-refractivity contribution in [2.24, 2.45) is 0 Å². The Balaban J connectivity index is 1.44. The van der Waals surface area contributed by atoms with Crippen molar-refractivity contribution in [3.8, 4) is 0 Å². The van der Waals surface area contributed by atoms with Crippen LogP contribution in [0.4, 0.5) is 4.79 Å². The molecule has 0 spiro atoms. The molecule has 0 aromatic carbocycles. The number of imide groups is 1. The summed E-state index contributed by atoms with van der Waals surface area (Å²) in [4.78, 5) is 42.3. The minimum Gasteiger partial charge on any atom is -0.449 e. The number of urea groups is 1. The van der Waals surface area contributed by atoms with Gasteiger partial charge in [0.1, 0.15) is 0 Å². The van der Waals surface area contributed by atoms with Crippen LogP contribution in [-0.4, -0.2) is 44.8 Å². The Kier molecular flexibility index (Phi) is 6.43. The van der Waals surface area contributed by atoms with Crippen LogP contribution in [0.15, 0.2) is 12.3 Å². The van der Waals surface area contributed by atoms with Crippen molar-refractivity contribution in [2.45, 2.75) is 89.8 Å². The number of fused-ring (bicyclic) bond motifs is 1. The van der Waals surface area contributed by atoms with Gasteiger partial charge in [-0.25, -0.2) is 19.3 Å². The third kappa shape index (κ3) is 4.92. The molecule has 2 saturated carbocycles. The average molecular weight is 442 g/mol. The first-order valence-electron chi connectivity index (χ1n) is 11.5. The minimum absolute atomic E-state index is 0.0813. The molecule has 1 unspecified atom stereocenters. The van der Waals surface area contributed by atoms with E-state index in [0.717, 1.165) is 44.2 Å². The van der Waals surface area contributed by atoms with E-state index in [1.807, 2.05) is 13.8 Å². The number of nitrogens with one attached hydrogen (secondary N) is 2. The predicted octanol–water partition coefficient (Wildman–Crippen LogP) is 3.59. The summed E-state index contributed by atoms with van der Waals surface area (Å²) in [7, 11) is 0. The molecule has 172 valence electrons. The van der Waals surface area contributed by atoms with Gasteiger partial charge in [-0.2, -0.15) is 5.10 Å². The van der Waals surface area contributed by atoms with E-state index in [1.54, 1.807) is 16.9 Å². The molecule has 3 amide bonds. The molecule has 1 atom stereocenters. The highest BCUT2D eigenvalue weighted by Gasteiger charge is 2.30. The fourth-order valence-electron chi connectivity index (χ4n) is 4.13. The van der Waals surface area contributed by atoms with Crippen molar-refractivity contribution in [3.05, 3.63) is 23.5 Å². The Hall–Kier alpha value is -2.97. The van der Waals surface area contributed by atoms with Gasteiger partial charge in [0, 0.05) is 23.7 Å². The first-order chi connectivity index (χ1) is 15.3. The molecule has 0 aliphatic heterocycles. The lowest BCUT2D eigenvalue weighted by Gasteiger charge is -2.23. The molecule has 0 saturated heterocycles. The molecule has 32 heavy (non-hydrogen) atoms. The van der Waals surface area contributed by atoms with Crippen LogP contribution in [0.1, 0.15) is 93.7 Å². The second kappa shape index (κ2) is 9.26. The maximum Gasteiger partial charge on any atom is 0.339 e. The van der Waals surface area contributed by atoms with Gasteiger partial charge in [0.25, 0.3) is 5.91 Å². The Bertz CT molecular complexity index is 1020. The van der Waals surface area contributed by atoms with Crippen LogP contribution in [-0.2, 0) is 9.53 Å². The molecular formula is C23H31N5O4. The minimum atomic E-state index is -1.12. The number of aromatic nitrogens is 3. The molecular weight excluding hydrogens is 410 g/mol. The zero-order valence-electron chi connectivity index (χ0n) is 18.9. The van der Waals surface area contributed by atoms with Gasteiger partial charge < -0.3 is 10.1 Å². The lowest BCUT2D eigenvalue weighted by molar-refractivity contribution is -0.127. The Morgan fingerprint density at radius 3 is 2.47 bits per heavy atom. The molecule has 2 aliphatic carbocycles. The van der Waals surface area contributed by atoms with Crippen molar-refractivity contribution >= 4 is 28.9 Å². The normalized spacial score (nSPS) is 17.9. The molecule has 2 heterocycles. The summed E-state index contributed by atoms with van der Waals surface area (Å²) in [5.41, 5.74) is 1.83. The van der Waals surface area contributed by atoms with Crippen molar-refractivity contribution in [2.75, 3.05) is 0 Å². The third-order valence-corrected chi connectivity index (χ3v) is 6.12. The van der Waals surface area contributed by atoms with Crippen LogP contribution in [0, 0.1) is 0 Å². The van der Waals surface area contributed by atoms with Crippen LogP contribution in [0.2, 0.25) is 0 Å². The standard InChI is InChI=1S/C23H31N5O4/c1-13(2)28-20-18(12-24-28)17(11-19(26-20)15-9-10-15)22(30)32-14(3)21(29)27-23(31)25-16-7-5-4-6-8-16/h11-16H,4-10H2,1-3H3,(H2,25,27,29,31). The highest BCUT2D eigenvalue weighted by molar-refractivity contribution is 6.04. The SMILES string of the molecule is CC(OC(=O)c1cc(C2CC2)nc2c1cnn2C(C)C)C(=O)NC(=O)NC1CCCCC1. The highest BCUT2D eigenvalue weighted by Crippen LogP contribution is 2.40. The van der Waals surface area contributed by atoms with E-state index in [2.05, 4.69) is 15.7 Å². The average Bonchev–Trinajstić information content (AvgIpc) is 3.52. The van der Waals surface area contributed by atoms with Crippen molar-refractivity contribution in [1.82, 2.24) is 25.4 Å². The number of pyridine rings is 1. The molecule has 2 fully saturated rings. The zero-order chi connectivity index (χ0) is 22.8. The summed E-state index contributed by atoms with van der Waals surface area (Å²) in [5.74, 6) is -0.944. The lowest BCUT2D eigenvalue weighted by Crippen LogP contribution is -2.48. The first kappa shape index (κ1) is 22.2. The summed E-state index contributed by atoms with van der Waals surface area (Å²) >= 11 is 0. The van der Waals surface area contributed by atoms with E-state index < -0.39 is 24.0 Å². The molecule has 2 aromatic heterocycles. The maximum absolute atomic E-state index is 13.0. The number of rotatable bonds is 6. The summed E-state index contributed by atoms with van der Waals surface area (Å²) in [6.07, 6.45) is 7.72. The number of ether oxygens (including phenoxy) is 1.